The van der Waals surface area contributed by atoms with Gasteiger partial charge in [0.2, 0.25) is 0 Å². The van der Waals surface area contributed by atoms with Crippen LogP contribution in [0.3, 0.4) is 0 Å². The van der Waals surface area contributed by atoms with Crippen molar-refractivity contribution in [3.63, 3.8) is 0 Å². The SMILES string of the molecule is COC1(C(O)Cc2cnccc2N)CCCCCC1. The van der Waals surface area contributed by atoms with Gasteiger partial charge in [-0.2, -0.15) is 0 Å². The average Bonchev–Trinajstić information content (AvgIpc) is 2.67. The summed E-state index contributed by atoms with van der Waals surface area (Å²) in [6, 6.07) is 1.77. The molecule has 1 aliphatic rings. The summed E-state index contributed by atoms with van der Waals surface area (Å²) in [5.74, 6) is 0. The molecule has 0 aliphatic heterocycles. The number of methoxy groups -OCH3 is 1. The topological polar surface area (TPSA) is 68.4 Å². The van der Waals surface area contributed by atoms with E-state index >= 15 is 0 Å². The van der Waals surface area contributed by atoms with E-state index in [1.165, 1.54) is 12.8 Å². The van der Waals surface area contributed by atoms with Crippen LogP contribution >= 0.6 is 0 Å². The predicted octanol–water partition coefficient (Wildman–Crippen LogP) is 2.31. The molecule has 1 aromatic heterocycles. The molecule has 4 heteroatoms. The van der Waals surface area contributed by atoms with Crippen LogP contribution in [0.4, 0.5) is 5.69 Å². The molecule has 19 heavy (non-hydrogen) atoms. The Morgan fingerprint density at radius 3 is 2.63 bits per heavy atom. The largest absolute Gasteiger partial charge is 0.398 e. The van der Waals surface area contributed by atoms with Crippen LogP contribution in [0, 0.1) is 0 Å². The van der Waals surface area contributed by atoms with Gasteiger partial charge in [-0.05, 0) is 24.5 Å². The zero-order valence-electron chi connectivity index (χ0n) is 11.6. The number of nitrogen functional groups attached to an aromatic ring is 1. The van der Waals surface area contributed by atoms with Crippen molar-refractivity contribution < 1.29 is 9.84 Å². The molecule has 0 radical (unpaired) electrons. The van der Waals surface area contributed by atoms with Gasteiger partial charge in [0, 0.05) is 31.6 Å². The summed E-state index contributed by atoms with van der Waals surface area (Å²) >= 11 is 0. The lowest BCUT2D eigenvalue weighted by Gasteiger charge is -2.36. The van der Waals surface area contributed by atoms with Crippen molar-refractivity contribution >= 4 is 5.69 Å². The van der Waals surface area contributed by atoms with Gasteiger partial charge >= 0.3 is 0 Å². The van der Waals surface area contributed by atoms with Crippen molar-refractivity contribution in [2.24, 2.45) is 0 Å². The molecule has 1 aliphatic carbocycles. The highest BCUT2D eigenvalue weighted by Crippen LogP contribution is 2.34. The maximum Gasteiger partial charge on any atom is 0.0939 e. The summed E-state index contributed by atoms with van der Waals surface area (Å²) in [4.78, 5) is 4.08. The van der Waals surface area contributed by atoms with Gasteiger partial charge in [-0.25, -0.2) is 0 Å². The standard InChI is InChI=1S/C15H24N2O2/c1-19-15(7-4-2-3-5-8-15)14(18)10-12-11-17-9-6-13(12)16/h6,9,11,14,18H,2-5,7-8,10H2,1H3,(H2,16,17). The molecule has 3 N–H and O–H groups in total. The Hall–Kier alpha value is -1.13. The molecule has 4 nitrogen and oxygen atoms in total. The third kappa shape index (κ3) is 3.25. The third-order valence-electron chi connectivity index (χ3n) is 4.32. The Morgan fingerprint density at radius 1 is 1.37 bits per heavy atom. The second-order valence-corrected chi connectivity index (χ2v) is 5.48. The highest BCUT2D eigenvalue weighted by molar-refractivity contribution is 5.44. The van der Waals surface area contributed by atoms with Gasteiger partial charge in [0.25, 0.3) is 0 Å². The van der Waals surface area contributed by atoms with E-state index in [-0.39, 0.29) is 0 Å². The molecule has 1 saturated carbocycles. The minimum absolute atomic E-state index is 0.418. The van der Waals surface area contributed by atoms with E-state index < -0.39 is 11.7 Å². The summed E-state index contributed by atoms with van der Waals surface area (Å²) in [5.41, 5.74) is 7.09. The lowest BCUT2D eigenvalue weighted by Crippen LogP contribution is -2.45. The van der Waals surface area contributed by atoms with Crippen LogP contribution in [0.2, 0.25) is 0 Å². The summed E-state index contributed by atoms with van der Waals surface area (Å²) in [6.45, 7) is 0. The molecule has 1 unspecified atom stereocenters. The second-order valence-electron chi connectivity index (χ2n) is 5.48. The van der Waals surface area contributed by atoms with Gasteiger partial charge in [-0.3, -0.25) is 4.98 Å². The number of hydrogen-bond donors (Lipinski definition) is 2. The van der Waals surface area contributed by atoms with Crippen molar-refractivity contribution in [2.75, 3.05) is 12.8 Å². The molecule has 0 amide bonds. The third-order valence-corrected chi connectivity index (χ3v) is 4.32. The summed E-state index contributed by atoms with van der Waals surface area (Å²) in [7, 11) is 1.71. The summed E-state index contributed by atoms with van der Waals surface area (Å²) < 4.78 is 5.72. The maximum atomic E-state index is 10.6. The minimum Gasteiger partial charge on any atom is -0.398 e. The Balaban J connectivity index is 2.12. The lowest BCUT2D eigenvalue weighted by atomic mass is 9.85. The van der Waals surface area contributed by atoms with E-state index in [2.05, 4.69) is 4.98 Å². The van der Waals surface area contributed by atoms with E-state index in [0.29, 0.717) is 12.1 Å². The van der Waals surface area contributed by atoms with Crippen molar-refractivity contribution in [2.45, 2.75) is 56.7 Å². The van der Waals surface area contributed by atoms with Crippen LogP contribution in [0.25, 0.3) is 0 Å². The quantitative estimate of drug-likeness (QED) is 0.819. The highest BCUT2D eigenvalue weighted by Gasteiger charge is 2.38. The summed E-state index contributed by atoms with van der Waals surface area (Å²) in [6.07, 6.45) is 9.92. The minimum atomic E-state index is -0.526. The number of aromatic nitrogens is 1. The van der Waals surface area contributed by atoms with E-state index in [1.54, 1.807) is 25.6 Å². The maximum absolute atomic E-state index is 10.6. The molecule has 0 saturated heterocycles. The summed E-state index contributed by atoms with van der Waals surface area (Å²) in [5, 5.41) is 10.6. The monoisotopic (exact) mass is 264 g/mol. The number of anilines is 1. The first-order valence-corrected chi connectivity index (χ1v) is 7.09. The number of ether oxygens (including phenoxy) is 1. The Morgan fingerprint density at radius 2 is 2.05 bits per heavy atom. The van der Waals surface area contributed by atoms with Gasteiger partial charge in [-0.15, -0.1) is 0 Å². The van der Waals surface area contributed by atoms with Crippen molar-refractivity contribution in [1.82, 2.24) is 4.98 Å². The number of pyridine rings is 1. The average molecular weight is 264 g/mol. The van der Waals surface area contributed by atoms with Crippen molar-refractivity contribution in [3.05, 3.63) is 24.0 Å². The van der Waals surface area contributed by atoms with Gasteiger partial charge in [-0.1, -0.05) is 25.7 Å². The van der Waals surface area contributed by atoms with E-state index in [1.807, 2.05) is 0 Å². The number of aliphatic hydroxyl groups is 1. The first-order valence-electron chi connectivity index (χ1n) is 7.09. The van der Waals surface area contributed by atoms with Crippen LogP contribution in [0.5, 0.6) is 0 Å². The fourth-order valence-electron chi connectivity index (χ4n) is 3.00. The molecule has 1 fully saturated rings. The van der Waals surface area contributed by atoms with Gasteiger partial charge in [0.05, 0.1) is 11.7 Å². The molecule has 106 valence electrons. The van der Waals surface area contributed by atoms with E-state index in [4.69, 9.17) is 10.5 Å². The van der Waals surface area contributed by atoms with Crippen LogP contribution in [-0.2, 0) is 11.2 Å². The Labute approximate surface area is 115 Å². The molecule has 2 rings (SSSR count). The van der Waals surface area contributed by atoms with Gasteiger partial charge in [0.1, 0.15) is 0 Å². The van der Waals surface area contributed by atoms with Crippen LogP contribution in [0.1, 0.15) is 44.1 Å². The molecule has 1 heterocycles. The molecule has 0 bridgehead atoms. The van der Waals surface area contributed by atoms with Crippen molar-refractivity contribution in [3.8, 4) is 0 Å². The Bertz CT molecular complexity index is 401. The number of rotatable bonds is 4. The smallest absolute Gasteiger partial charge is 0.0939 e. The molecule has 0 aromatic carbocycles. The Kier molecular flexibility index (Phi) is 4.77. The second kappa shape index (κ2) is 6.35. The van der Waals surface area contributed by atoms with Gasteiger partial charge in [0.15, 0.2) is 0 Å². The van der Waals surface area contributed by atoms with Crippen LogP contribution < -0.4 is 5.73 Å². The van der Waals surface area contributed by atoms with Crippen LogP contribution in [-0.4, -0.2) is 28.9 Å². The zero-order valence-corrected chi connectivity index (χ0v) is 11.6. The first kappa shape index (κ1) is 14.3. The zero-order chi connectivity index (χ0) is 13.7. The van der Waals surface area contributed by atoms with Crippen LogP contribution in [0.15, 0.2) is 18.5 Å². The fourth-order valence-corrected chi connectivity index (χ4v) is 3.00. The lowest BCUT2D eigenvalue weighted by molar-refractivity contribution is -0.111. The van der Waals surface area contributed by atoms with Gasteiger partial charge < -0.3 is 15.6 Å². The van der Waals surface area contributed by atoms with E-state index in [0.717, 1.165) is 31.2 Å². The molecule has 0 spiro atoms. The number of nitrogens with two attached hydrogens (primary N) is 1. The molecular weight excluding hydrogens is 240 g/mol. The predicted molar refractivity (Wildman–Crippen MR) is 75.8 cm³/mol. The first-order chi connectivity index (χ1) is 9.18. The normalized spacial score (nSPS) is 20.7. The fraction of sp³-hybridized carbons (Fsp3) is 0.667. The number of nitrogens with zero attached hydrogens (tertiary/aromatic N) is 1. The molecule has 1 atom stereocenters. The highest BCUT2D eigenvalue weighted by atomic mass is 16.5. The number of hydrogen-bond acceptors (Lipinski definition) is 4. The molecular formula is C15H24N2O2. The van der Waals surface area contributed by atoms with E-state index in [9.17, 15) is 5.11 Å². The number of aliphatic hydroxyl groups excluding tert-OH is 1. The van der Waals surface area contributed by atoms with Crippen molar-refractivity contribution in [1.29, 1.82) is 0 Å². The molecule has 1 aromatic rings.